The number of aromatic nitrogens is 2. The second-order valence-corrected chi connectivity index (χ2v) is 7.53. The van der Waals surface area contributed by atoms with Crippen molar-refractivity contribution in [1.82, 2.24) is 14.9 Å². The van der Waals surface area contributed by atoms with E-state index in [0.29, 0.717) is 23.3 Å². The normalized spacial score (nSPS) is 20.9. The zero-order chi connectivity index (χ0) is 19.4. The number of rotatable bonds is 5. The molecule has 2 heterocycles. The van der Waals surface area contributed by atoms with E-state index in [4.69, 9.17) is 4.74 Å². The Hall–Kier alpha value is -2.63. The molecule has 1 aromatic carbocycles. The predicted octanol–water partition coefficient (Wildman–Crippen LogP) is 3.22. The molecule has 1 amide bonds. The van der Waals surface area contributed by atoms with E-state index >= 15 is 0 Å². The van der Waals surface area contributed by atoms with Gasteiger partial charge in [0.1, 0.15) is 6.33 Å². The first-order valence-corrected chi connectivity index (χ1v) is 9.40. The summed E-state index contributed by atoms with van der Waals surface area (Å²) in [6.45, 7) is 5.92. The maximum atomic E-state index is 13.1. The molecule has 3 atom stereocenters. The second-order valence-electron chi connectivity index (χ2n) is 7.53. The van der Waals surface area contributed by atoms with Crippen molar-refractivity contribution in [3.05, 3.63) is 47.8 Å². The highest BCUT2D eigenvalue weighted by Crippen LogP contribution is 2.38. The van der Waals surface area contributed by atoms with E-state index in [0.717, 1.165) is 25.1 Å². The number of hydrogen-bond donors (Lipinski definition) is 1. The third kappa shape index (κ3) is 4.38. The molecular weight excluding hydrogens is 342 g/mol. The van der Waals surface area contributed by atoms with E-state index in [1.54, 1.807) is 0 Å². The Morgan fingerprint density at radius 3 is 2.52 bits per heavy atom. The summed E-state index contributed by atoms with van der Waals surface area (Å²) >= 11 is 0. The van der Waals surface area contributed by atoms with E-state index in [1.807, 2.05) is 35.2 Å². The van der Waals surface area contributed by atoms with Crippen molar-refractivity contribution in [2.24, 2.45) is 11.8 Å². The molecule has 0 bridgehead atoms. The molecule has 144 valence electrons. The number of likely N-dealkylation sites (tertiary alicyclic amines) is 1. The third-order valence-corrected chi connectivity index (χ3v) is 5.17. The van der Waals surface area contributed by atoms with E-state index in [1.165, 1.54) is 13.4 Å². The molecular formula is C21H27N3O3. The van der Waals surface area contributed by atoms with Crippen LogP contribution in [0.4, 0.5) is 0 Å². The molecule has 0 radical (unpaired) electrons. The highest BCUT2D eigenvalue weighted by molar-refractivity contribution is 5.78. The predicted molar refractivity (Wildman–Crippen MR) is 103 cm³/mol. The van der Waals surface area contributed by atoms with Crippen LogP contribution in [-0.4, -0.2) is 46.1 Å². The zero-order valence-corrected chi connectivity index (χ0v) is 16.1. The number of amides is 1. The highest BCUT2D eigenvalue weighted by Gasteiger charge is 2.31. The van der Waals surface area contributed by atoms with E-state index in [9.17, 15) is 9.90 Å². The van der Waals surface area contributed by atoms with Gasteiger partial charge in [-0.15, -0.1) is 0 Å². The number of ether oxygens (including phenoxy) is 1. The summed E-state index contributed by atoms with van der Waals surface area (Å²) in [5, 5.41) is 10.4. The molecule has 0 aliphatic carbocycles. The van der Waals surface area contributed by atoms with Crippen molar-refractivity contribution in [3.8, 4) is 11.8 Å². The lowest BCUT2D eigenvalue weighted by Crippen LogP contribution is -2.43. The first kappa shape index (κ1) is 19.1. The summed E-state index contributed by atoms with van der Waals surface area (Å²) in [7, 11) is 1.50. The van der Waals surface area contributed by atoms with Crippen LogP contribution < -0.4 is 4.74 Å². The molecule has 1 aliphatic rings. The summed E-state index contributed by atoms with van der Waals surface area (Å²) in [6.07, 6.45) is 2.64. The maximum Gasteiger partial charge on any atom is 0.223 e. The fourth-order valence-corrected chi connectivity index (χ4v) is 4.08. The van der Waals surface area contributed by atoms with Crippen molar-refractivity contribution in [2.75, 3.05) is 20.2 Å². The van der Waals surface area contributed by atoms with Crippen molar-refractivity contribution in [3.63, 3.8) is 0 Å². The summed E-state index contributed by atoms with van der Waals surface area (Å²) < 4.78 is 5.35. The van der Waals surface area contributed by atoms with Crippen LogP contribution in [0.15, 0.2) is 36.7 Å². The molecule has 1 unspecified atom stereocenters. The summed E-state index contributed by atoms with van der Waals surface area (Å²) in [4.78, 5) is 23.1. The Morgan fingerprint density at radius 1 is 1.22 bits per heavy atom. The fourth-order valence-electron chi connectivity index (χ4n) is 4.08. The number of hydrogen-bond acceptors (Lipinski definition) is 5. The van der Waals surface area contributed by atoms with E-state index in [2.05, 4.69) is 23.8 Å². The Labute approximate surface area is 160 Å². The first-order chi connectivity index (χ1) is 13.0. The first-order valence-electron chi connectivity index (χ1n) is 9.40. The van der Waals surface area contributed by atoms with Gasteiger partial charge in [-0.1, -0.05) is 44.2 Å². The van der Waals surface area contributed by atoms with Crippen molar-refractivity contribution < 1.29 is 14.6 Å². The molecule has 1 fully saturated rings. The Kier molecular flexibility index (Phi) is 5.94. The van der Waals surface area contributed by atoms with Crippen molar-refractivity contribution in [1.29, 1.82) is 0 Å². The van der Waals surface area contributed by atoms with Crippen LogP contribution in [0.25, 0.3) is 0 Å². The number of methoxy groups -OCH3 is 1. The van der Waals surface area contributed by atoms with Gasteiger partial charge in [0.25, 0.3) is 0 Å². The molecule has 3 rings (SSSR count). The molecule has 0 saturated carbocycles. The van der Waals surface area contributed by atoms with Gasteiger partial charge in [0.2, 0.25) is 17.7 Å². The highest BCUT2D eigenvalue weighted by atomic mass is 16.5. The SMILES string of the molecule is COc1ncnc(O)c1C(CC(=O)N1C[C@H](C)C[C@H](C)C1)c1ccccc1. The van der Waals surface area contributed by atoms with Crippen LogP contribution >= 0.6 is 0 Å². The number of aromatic hydroxyl groups is 1. The molecule has 27 heavy (non-hydrogen) atoms. The number of carbonyl (C=O) groups excluding carboxylic acids is 1. The minimum absolute atomic E-state index is 0.0764. The van der Waals surface area contributed by atoms with Crippen LogP contribution in [0.5, 0.6) is 11.8 Å². The standard InChI is InChI=1S/C21H27N3O3/c1-14-9-15(2)12-24(11-14)18(25)10-17(16-7-5-4-6-8-16)19-20(26)22-13-23-21(19)27-3/h4-8,13-15,17H,9-12H2,1-3H3,(H,22,23,26)/t14-,15+,17?. The summed E-state index contributed by atoms with van der Waals surface area (Å²) in [5.74, 6) is 0.843. The summed E-state index contributed by atoms with van der Waals surface area (Å²) in [5.41, 5.74) is 1.38. The molecule has 1 N–H and O–H groups in total. The Balaban J connectivity index is 1.94. The average Bonchev–Trinajstić information content (AvgIpc) is 2.66. The van der Waals surface area contributed by atoms with Gasteiger partial charge in [0.15, 0.2) is 0 Å². The molecule has 1 saturated heterocycles. The minimum Gasteiger partial charge on any atom is -0.493 e. The molecule has 0 spiro atoms. The van der Waals surface area contributed by atoms with Gasteiger partial charge < -0.3 is 14.7 Å². The van der Waals surface area contributed by atoms with Gasteiger partial charge in [-0.3, -0.25) is 4.79 Å². The van der Waals surface area contributed by atoms with Gasteiger partial charge in [-0.25, -0.2) is 9.97 Å². The average molecular weight is 369 g/mol. The maximum absolute atomic E-state index is 13.1. The van der Waals surface area contributed by atoms with Crippen molar-refractivity contribution >= 4 is 5.91 Å². The molecule has 2 aromatic rings. The fraction of sp³-hybridized carbons (Fsp3) is 0.476. The van der Waals surface area contributed by atoms with Gasteiger partial charge in [-0.2, -0.15) is 0 Å². The minimum atomic E-state index is -0.373. The number of piperidine rings is 1. The number of carbonyl (C=O) groups is 1. The van der Waals surface area contributed by atoms with Crippen molar-refractivity contribution in [2.45, 2.75) is 32.6 Å². The lowest BCUT2D eigenvalue weighted by Gasteiger charge is -2.36. The largest absolute Gasteiger partial charge is 0.493 e. The molecule has 1 aliphatic heterocycles. The zero-order valence-electron chi connectivity index (χ0n) is 16.1. The second kappa shape index (κ2) is 8.37. The lowest BCUT2D eigenvalue weighted by molar-refractivity contribution is -0.134. The smallest absolute Gasteiger partial charge is 0.223 e. The third-order valence-electron chi connectivity index (χ3n) is 5.17. The molecule has 6 heteroatoms. The molecule has 6 nitrogen and oxygen atoms in total. The van der Waals surface area contributed by atoms with Crippen LogP contribution in [0.2, 0.25) is 0 Å². The van der Waals surface area contributed by atoms with Crippen LogP contribution in [0, 0.1) is 11.8 Å². The van der Waals surface area contributed by atoms with Gasteiger partial charge in [0.05, 0.1) is 12.7 Å². The van der Waals surface area contributed by atoms with Crippen LogP contribution in [-0.2, 0) is 4.79 Å². The van der Waals surface area contributed by atoms with E-state index in [-0.39, 0.29) is 24.1 Å². The number of nitrogens with zero attached hydrogens (tertiary/aromatic N) is 3. The Bertz CT molecular complexity index is 771. The van der Waals surface area contributed by atoms with Gasteiger partial charge in [0, 0.05) is 25.4 Å². The lowest BCUT2D eigenvalue weighted by atomic mass is 9.87. The van der Waals surface area contributed by atoms with E-state index < -0.39 is 0 Å². The van der Waals surface area contributed by atoms with Crippen LogP contribution in [0.1, 0.15) is 43.7 Å². The molecule has 1 aromatic heterocycles. The monoisotopic (exact) mass is 369 g/mol. The number of benzene rings is 1. The van der Waals surface area contributed by atoms with Gasteiger partial charge in [-0.05, 0) is 23.8 Å². The quantitative estimate of drug-likeness (QED) is 0.876. The summed E-state index contributed by atoms with van der Waals surface area (Å²) in [6, 6.07) is 9.67. The van der Waals surface area contributed by atoms with Gasteiger partial charge >= 0.3 is 0 Å². The van der Waals surface area contributed by atoms with Crippen LogP contribution in [0.3, 0.4) is 0 Å². The Morgan fingerprint density at radius 2 is 1.89 bits per heavy atom. The topological polar surface area (TPSA) is 75.5 Å².